The lowest BCUT2D eigenvalue weighted by Gasteiger charge is -2.57. The maximum atomic E-state index is 13.1. The van der Waals surface area contributed by atoms with E-state index < -0.39 is 42.1 Å². The van der Waals surface area contributed by atoms with Crippen LogP contribution in [-0.4, -0.2) is 45.6 Å². The van der Waals surface area contributed by atoms with Crippen molar-refractivity contribution in [3.05, 3.63) is 60.2 Å². The Morgan fingerprint density at radius 3 is 2.05 bits per heavy atom. The predicted octanol–water partition coefficient (Wildman–Crippen LogP) is 5.71. The first kappa shape index (κ1) is 26.5. The minimum absolute atomic E-state index is 0.144. The van der Waals surface area contributed by atoms with Crippen molar-refractivity contribution in [3.8, 4) is 11.1 Å². The number of carbonyl (C=O) groups excluding carboxylic acids is 1. The molecule has 5 aliphatic carbocycles. The van der Waals surface area contributed by atoms with E-state index in [1.807, 2.05) is 42.5 Å². The third-order valence-electron chi connectivity index (χ3n) is 10.4. The Bertz CT molecular complexity index is 1140. The third-order valence-corrected chi connectivity index (χ3v) is 10.4. The number of carboxylic acids is 1. The summed E-state index contributed by atoms with van der Waals surface area (Å²) in [7, 11) is 0. The minimum Gasteiger partial charge on any atom is -0.481 e. The van der Waals surface area contributed by atoms with Gasteiger partial charge in [0.1, 0.15) is 6.10 Å². The normalized spacial score (nSPS) is 35.6. The number of aliphatic carboxylic acids is 1. The van der Waals surface area contributed by atoms with Crippen LogP contribution in [0.2, 0.25) is 0 Å². The lowest BCUT2D eigenvalue weighted by atomic mass is 9.48. The molecule has 6 nitrogen and oxygen atoms in total. The highest BCUT2D eigenvalue weighted by Gasteiger charge is 2.52. The molecule has 4 bridgehead atoms. The average Bonchev–Trinajstić information content (AvgIpc) is 3.20. The van der Waals surface area contributed by atoms with E-state index >= 15 is 0 Å². The molecule has 0 radical (unpaired) electrons. The molecule has 0 amide bonds. The molecule has 5 fully saturated rings. The molecule has 0 heterocycles. The van der Waals surface area contributed by atoms with E-state index in [9.17, 15) is 24.9 Å². The number of ether oxygens (including phenoxy) is 1. The van der Waals surface area contributed by atoms with Crippen LogP contribution in [0.1, 0.15) is 74.6 Å². The van der Waals surface area contributed by atoms with Crippen LogP contribution in [0.25, 0.3) is 11.1 Å². The Morgan fingerprint density at radius 2 is 1.46 bits per heavy atom. The van der Waals surface area contributed by atoms with Crippen LogP contribution in [0.5, 0.6) is 0 Å². The summed E-state index contributed by atoms with van der Waals surface area (Å²) in [4.78, 5) is 24.8. The summed E-state index contributed by atoms with van der Waals surface area (Å²) < 4.78 is 5.90. The quantitative estimate of drug-likeness (QED) is 0.358. The summed E-state index contributed by atoms with van der Waals surface area (Å²) in [6.45, 7) is 0. The molecule has 5 atom stereocenters. The Balaban J connectivity index is 1.15. The second kappa shape index (κ2) is 10.7. The smallest absolute Gasteiger partial charge is 0.338 e. The van der Waals surface area contributed by atoms with Gasteiger partial charge in [0.2, 0.25) is 0 Å². The van der Waals surface area contributed by atoms with Gasteiger partial charge < -0.3 is 20.1 Å². The molecule has 5 aliphatic rings. The van der Waals surface area contributed by atoms with Gasteiger partial charge in [-0.15, -0.1) is 0 Å². The molecule has 2 aromatic carbocycles. The Hall–Kier alpha value is -2.70. The average molecular weight is 533 g/mol. The van der Waals surface area contributed by atoms with Gasteiger partial charge >= 0.3 is 11.9 Å². The van der Waals surface area contributed by atoms with Crippen molar-refractivity contribution in [1.82, 2.24) is 0 Å². The molecule has 0 aliphatic heterocycles. The SMILES string of the molecule is O=C(O)C[C@@H]1[C@H](C(O)CCC23CC4CC(CC(C4)C2)C3)[C@H](OC(=O)c2ccc(-c3ccccc3)cc2)C[C@@H]1O. The van der Waals surface area contributed by atoms with Crippen molar-refractivity contribution in [2.75, 3.05) is 0 Å². The fourth-order valence-corrected chi connectivity index (χ4v) is 9.11. The van der Waals surface area contributed by atoms with E-state index in [-0.39, 0.29) is 12.8 Å². The number of hydrogen-bond acceptors (Lipinski definition) is 5. The van der Waals surface area contributed by atoms with E-state index in [4.69, 9.17) is 4.74 Å². The van der Waals surface area contributed by atoms with Gasteiger partial charge in [-0.1, -0.05) is 42.5 Å². The first-order valence-electron chi connectivity index (χ1n) is 14.7. The molecule has 208 valence electrons. The van der Waals surface area contributed by atoms with Gasteiger partial charge in [0, 0.05) is 18.3 Å². The van der Waals surface area contributed by atoms with Gasteiger partial charge in [-0.2, -0.15) is 0 Å². The van der Waals surface area contributed by atoms with Gasteiger partial charge in [0.15, 0.2) is 0 Å². The number of carbonyl (C=O) groups is 2. The lowest BCUT2D eigenvalue weighted by molar-refractivity contribution is -0.140. The maximum absolute atomic E-state index is 13.1. The number of benzene rings is 2. The van der Waals surface area contributed by atoms with E-state index in [0.29, 0.717) is 17.4 Å². The van der Waals surface area contributed by atoms with Gasteiger partial charge in [-0.25, -0.2) is 4.79 Å². The molecular weight excluding hydrogens is 492 g/mol. The second-order valence-corrected chi connectivity index (χ2v) is 13.1. The molecule has 6 heteroatoms. The van der Waals surface area contributed by atoms with E-state index in [2.05, 4.69) is 0 Å². The van der Waals surface area contributed by atoms with E-state index in [1.165, 1.54) is 38.5 Å². The highest BCUT2D eigenvalue weighted by molar-refractivity contribution is 5.90. The van der Waals surface area contributed by atoms with Gasteiger partial charge in [-0.05, 0) is 97.8 Å². The fourth-order valence-electron chi connectivity index (χ4n) is 9.11. The third kappa shape index (κ3) is 5.51. The zero-order valence-electron chi connectivity index (χ0n) is 22.5. The van der Waals surface area contributed by atoms with Crippen molar-refractivity contribution >= 4 is 11.9 Å². The van der Waals surface area contributed by atoms with Crippen molar-refractivity contribution in [2.45, 2.75) is 82.5 Å². The number of carboxylic acid groups (broad SMARTS) is 1. The molecule has 3 N–H and O–H groups in total. The van der Waals surface area contributed by atoms with Crippen molar-refractivity contribution < 1.29 is 29.6 Å². The van der Waals surface area contributed by atoms with Crippen LogP contribution in [0, 0.1) is 35.0 Å². The standard InChI is InChI=1S/C33H40O6/c34-27(10-11-33-17-20-12-21(18-33)14-22(13-20)19-33)31-26(15-30(36)37)28(35)16-29(31)39-32(38)25-8-6-24(7-9-25)23-4-2-1-3-5-23/h1-9,20-22,26-29,31,34-35H,10-19H2,(H,36,37)/t20?,21?,22?,26-,27?,28-,29+,31+,33?/m0/s1. The molecule has 5 saturated carbocycles. The highest BCUT2D eigenvalue weighted by atomic mass is 16.5. The number of aliphatic hydroxyl groups is 2. The molecule has 7 rings (SSSR count). The van der Waals surface area contributed by atoms with Crippen LogP contribution in [0.15, 0.2) is 54.6 Å². The van der Waals surface area contributed by atoms with Crippen LogP contribution in [0.4, 0.5) is 0 Å². The molecule has 1 unspecified atom stereocenters. The zero-order valence-corrected chi connectivity index (χ0v) is 22.5. The zero-order chi connectivity index (χ0) is 27.1. The van der Waals surface area contributed by atoms with E-state index in [0.717, 1.165) is 35.3 Å². The molecule has 2 aromatic rings. The predicted molar refractivity (Wildman–Crippen MR) is 147 cm³/mol. The van der Waals surface area contributed by atoms with Crippen LogP contribution in [0.3, 0.4) is 0 Å². The number of esters is 1. The van der Waals surface area contributed by atoms with Crippen LogP contribution >= 0.6 is 0 Å². The maximum Gasteiger partial charge on any atom is 0.338 e. The summed E-state index contributed by atoms with van der Waals surface area (Å²) in [5.74, 6) is -0.304. The minimum atomic E-state index is -1.01. The van der Waals surface area contributed by atoms with Crippen LogP contribution < -0.4 is 0 Å². The van der Waals surface area contributed by atoms with E-state index in [1.54, 1.807) is 12.1 Å². The van der Waals surface area contributed by atoms with Crippen molar-refractivity contribution in [2.24, 2.45) is 35.0 Å². The topological polar surface area (TPSA) is 104 Å². The Morgan fingerprint density at radius 1 is 0.872 bits per heavy atom. The summed E-state index contributed by atoms with van der Waals surface area (Å²) in [6, 6.07) is 17.1. The Kier molecular flexibility index (Phi) is 7.28. The Labute approximate surface area is 230 Å². The fraction of sp³-hybridized carbons (Fsp3) is 0.576. The van der Waals surface area contributed by atoms with Crippen LogP contribution in [-0.2, 0) is 9.53 Å². The molecule has 0 saturated heterocycles. The number of aliphatic hydroxyl groups excluding tert-OH is 2. The van der Waals surface area contributed by atoms with Gasteiger partial charge in [-0.3, -0.25) is 4.79 Å². The van der Waals surface area contributed by atoms with Crippen molar-refractivity contribution in [1.29, 1.82) is 0 Å². The van der Waals surface area contributed by atoms with Crippen molar-refractivity contribution in [3.63, 3.8) is 0 Å². The van der Waals surface area contributed by atoms with Gasteiger partial charge in [0.25, 0.3) is 0 Å². The molecule has 0 aromatic heterocycles. The number of rotatable bonds is 9. The summed E-state index contributed by atoms with van der Waals surface area (Å²) >= 11 is 0. The first-order valence-corrected chi connectivity index (χ1v) is 14.7. The second-order valence-electron chi connectivity index (χ2n) is 13.1. The first-order chi connectivity index (χ1) is 18.8. The molecular formula is C33H40O6. The summed E-state index contributed by atoms with van der Waals surface area (Å²) in [5, 5.41) is 31.8. The summed E-state index contributed by atoms with van der Waals surface area (Å²) in [5.41, 5.74) is 2.73. The summed E-state index contributed by atoms with van der Waals surface area (Å²) in [6.07, 6.45) is 6.72. The molecule has 39 heavy (non-hydrogen) atoms. The number of hydrogen-bond donors (Lipinski definition) is 3. The van der Waals surface area contributed by atoms with Gasteiger partial charge in [0.05, 0.1) is 24.2 Å². The monoisotopic (exact) mass is 532 g/mol. The largest absolute Gasteiger partial charge is 0.481 e. The highest BCUT2D eigenvalue weighted by Crippen LogP contribution is 2.62. The molecule has 0 spiro atoms. The lowest BCUT2D eigenvalue weighted by Crippen LogP contribution is -2.46.